The number of hydrogen-bond donors (Lipinski definition) is 0. The van der Waals surface area contributed by atoms with Crippen LogP contribution in [0.4, 0.5) is 0 Å². The van der Waals surface area contributed by atoms with E-state index in [4.69, 9.17) is 0 Å². The third-order valence-electron chi connectivity index (χ3n) is 29.5. The van der Waals surface area contributed by atoms with Gasteiger partial charge in [-0.05, 0) is 127 Å². The zero-order valence-corrected chi connectivity index (χ0v) is 99.3. The lowest BCUT2D eigenvalue weighted by Crippen LogP contribution is -2.67. The molecule has 1 aromatic carbocycles. The van der Waals surface area contributed by atoms with Crippen LogP contribution in [-0.2, 0) is 0 Å². The van der Waals surface area contributed by atoms with Crippen LogP contribution in [-0.4, -0.2) is 115 Å². The predicted molar refractivity (Wildman–Crippen MR) is 587 cm³/mol. The fraction of sp³-hybridized carbons (Fsp3) is 0.379. The Bertz CT molecular complexity index is 5100. The van der Waals surface area contributed by atoms with Gasteiger partial charge >= 0.3 is 0 Å². The van der Waals surface area contributed by atoms with Crippen LogP contribution in [0.5, 0.6) is 0 Å². The summed E-state index contributed by atoms with van der Waals surface area (Å²) in [6.07, 6.45) is 0. The first kappa shape index (κ1) is 90.6. The highest BCUT2D eigenvalue weighted by Gasteiger charge is 2.51. The first-order chi connectivity index (χ1) is 52.4. The van der Waals surface area contributed by atoms with Crippen LogP contribution in [0.2, 0.25) is 216 Å². The molecule has 0 amide bonds. The molecule has 0 aliphatic carbocycles. The summed E-state index contributed by atoms with van der Waals surface area (Å²) in [5.74, 6) is 0. The SMILES string of the molecule is C[Si](C)(c1cc([Si](C)(C)c2ccc(-c3ccc([Si](C)(C)[Si](C)(C)c4ccc(-c5ccc([Si](C)(C)[Si](C)(C)C)s5)s4)s3)s2)cc([Si](C)(C)c2ccc(-c3ccc([Si](C)(C)[Si](C)(C)c4ccc(-c5ccc([Si](C)(C)[Si](C)(C)C)s5)s4)s3)s2)c1)c1ccc(-c2ccc([Si](C)(C)[Si](C)(C)c3ccc(-c4ccc([Si](C)(C)[Si](C)(C)C)s4)s3)s2)s1. The van der Waals surface area contributed by atoms with E-state index >= 15 is 0 Å². The summed E-state index contributed by atoms with van der Waals surface area (Å²) in [6.45, 7) is 87.5. The molecule has 27 heteroatoms. The molecule has 12 aromatic heterocycles. The van der Waals surface area contributed by atoms with Gasteiger partial charge in [0.25, 0.3) is 0 Å². The lowest BCUT2D eigenvalue weighted by atomic mass is 10.3. The van der Waals surface area contributed by atoms with E-state index in [1.807, 2.05) is 0 Å². The van der Waals surface area contributed by atoms with Gasteiger partial charge in [0.1, 0.15) is 24.2 Å². The smallest absolute Gasteiger partial charge is 0.124 e. The molecule has 0 radical (unpaired) electrons. The Morgan fingerprint density at radius 2 is 0.237 bits per heavy atom. The zero-order chi connectivity index (χ0) is 83.7. The van der Waals surface area contributed by atoms with E-state index < -0.39 is 115 Å². The summed E-state index contributed by atoms with van der Waals surface area (Å²) < 4.78 is 19.8. The maximum Gasteiger partial charge on any atom is 0.124 e. The number of benzene rings is 1. The number of thiophene rings is 12. The second-order valence-electron chi connectivity index (χ2n) is 42.0. The quantitative estimate of drug-likeness (QED) is 0.0450. The standard InChI is InChI=1S/C87H126S12Si15/c1-100(2,3)106(16,17)79-49-37-70(91-79)73-43-55-85(97-73)112(28,29)109(22,23)82-52-40-67(94-82)64-34-46-76(88-64)103(10,11)61-58-62(104(12,13)77-47-35-65(89-77)68-41-53-83(95-68)110(24,25)113(30,31)86-56-44-74(98-86)71-38-50-80(92-71)107(18,19)101(4,5)6)60-63(59-61)105(14,15)78-48-36-66(90-78)69-42-54-84(96-69)111(26,27)114(32,33)87-57-45-75(99-87)72-39-51-81(93-72)108(20,21)102(7,8)9/h34-60H,1-33H3. The molecule has 12 heterocycles. The van der Waals surface area contributed by atoms with E-state index in [2.05, 4.69) is 516 Å². The van der Waals surface area contributed by atoms with Crippen LogP contribution in [0.15, 0.2) is 164 Å². The molecule has 13 aromatic rings. The lowest BCUT2D eigenvalue weighted by molar-refractivity contribution is 1.71. The van der Waals surface area contributed by atoms with E-state index in [1.54, 1.807) is 69.6 Å². The van der Waals surface area contributed by atoms with Gasteiger partial charge in [0.2, 0.25) is 0 Å². The van der Waals surface area contributed by atoms with Crippen molar-refractivity contribution in [3.63, 3.8) is 0 Å². The highest BCUT2D eigenvalue weighted by atomic mass is 32.1. The van der Waals surface area contributed by atoms with Gasteiger partial charge in [0.05, 0.1) is 68.3 Å². The van der Waals surface area contributed by atoms with E-state index in [1.165, 1.54) is 58.5 Å². The molecule has 606 valence electrons. The third kappa shape index (κ3) is 16.3. The summed E-state index contributed by atoms with van der Waals surface area (Å²) in [6, 6.07) is 68.6. The average Bonchev–Trinajstić information content (AvgIpc) is 1.65. The molecule has 0 bridgehead atoms. The van der Waals surface area contributed by atoms with Crippen LogP contribution in [0.1, 0.15) is 0 Å². The Hall–Kier alpha value is -1.13. The van der Waals surface area contributed by atoms with Gasteiger partial charge in [-0.3, -0.25) is 0 Å². The van der Waals surface area contributed by atoms with Crippen molar-refractivity contribution in [2.24, 2.45) is 0 Å². The fourth-order valence-electron chi connectivity index (χ4n) is 14.8. The Morgan fingerprint density at radius 1 is 0.132 bits per heavy atom. The van der Waals surface area contributed by atoms with Crippen molar-refractivity contribution in [2.45, 2.75) is 216 Å². The van der Waals surface area contributed by atoms with Crippen LogP contribution in [0.3, 0.4) is 0 Å². The van der Waals surface area contributed by atoms with Crippen LogP contribution in [0, 0.1) is 0 Å². The molecule has 114 heavy (non-hydrogen) atoms. The summed E-state index contributed by atoms with van der Waals surface area (Å²) in [5, 5.41) is 4.80. The summed E-state index contributed by atoms with van der Waals surface area (Å²) in [5.41, 5.74) is 0. The Labute approximate surface area is 749 Å². The maximum absolute atomic E-state index is 2.77. The van der Waals surface area contributed by atoms with Crippen molar-refractivity contribution in [3.8, 4) is 58.5 Å². The summed E-state index contributed by atoms with van der Waals surface area (Å²) in [4.78, 5) is 17.6. The molecule has 0 saturated heterocycles. The van der Waals surface area contributed by atoms with Gasteiger partial charge in [-0.25, -0.2) is 0 Å². The minimum absolute atomic E-state index is 1.27. The third-order valence-corrected chi connectivity index (χ3v) is 180. The molecule has 0 nitrogen and oxygen atoms in total. The van der Waals surface area contributed by atoms with Crippen molar-refractivity contribution in [2.75, 3.05) is 0 Å². The molecule has 0 atom stereocenters. The first-order valence-electron chi connectivity index (χ1n) is 40.8. The molecule has 0 spiro atoms. The Balaban J connectivity index is 0.800. The zero-order valence-electron chi connectivity index (χ0n) is 74.5. The van der Waals surface area contributed by atoms with Gasteiger partial charge in [-0.1, -0.05) is 323 Å². The Morgan fingerprint density at radius 3 is 0.360 bits per heavy atom. The number of hydrogen-bond acceptors (Lipinski definition) is 12. The minimum Gasteiger partial charge on any atom is -0.144 e. The van der Waals surface area contributed by atoms with Crippen LogP contribution in [0.25, 0.3) is 58.5 Å². The minimum atomic E-state index is -2.28. The van der Waals surface area contributed by atoms with Gasteiger partial charge in [-0.2, -0.15) is 0 Å². The molecule has 13 rings (SSSR count). The largest absolute Gasteiger partial charge is 0.144 e. The molecule has 0 saturated carbocycles. The summed E-state index contributed by atoms with van der Waals surface area (Å²) >= 11 is 25.4. The van der Waals surface area contributed by atoms with E-state index in [9.17, 15) is 0 Å². The van der Waals surface area contributed by atoms with Crippen molar-refractivity contribution in [1.29, 1.82) is 0 Å². The normalized spacial score (nSPS) is 14.2. The van der Waals surface area contributed by atoms with E-state index in [0.717, 1.165) is 0 Å². The van der Waals surface area contributed by atoms with Crippen molar-refractivity contribution in [3.05, 3.63) is 164 Å². The topological polar surface area (TPSA) is 0 Å². The van der Waals surface area contributed by atoms with Crippen molar-refractivity contribution in [1.82, 2.24) is 0 Å². The van der Waals surface area contributed by atoms with Crippen molar-refractivity contribution < 1.29 is 0 Å². The second kappa shape index (κ2) is 31.5. The van der Waals surface area contributed by atoms with E-state index in [0.29, 0.717) is 0 Å². The molecule has 0 aliphatic heterocycles. The van der Waals surface area contributed by atoms with Crippen LogP contribution < -0.4 is 69.6 Å². The Kier molecular flexibility index (Phi) is 25.1. The average molecular weight is 1980 g/mol. The highest BCUT2D eigenvalue weighted by molar-refractivity contribution is 7.62. The van der Waals surface area contributed by atoms with Gasteiger partial charge in [0, 0.05) is 81.3 Å². The number of rotatable bonds is 27. The van der Waals surface area contributed by atoms with E-state index in [-0.39, 0.29) is 0 Å². The maximum atomic E-state index is 2.77. The molecule has 0 N–H and O–H groups in total. The van der Waals surface area contributed by atoms with Crippen molar-refractivity contribution >= 4 is 321 Å². The monoisotopic (exact) mass is 1970 g/mol. The fourth-order valence-corrected chi connectivity index (χ4v) is 104. The molecular formula is C87H126S12Si15. The first-order valence-corrected chi connectivity index (χ1v) is 103. The predicted octanol–water partition coefficient (Wildman–Crippen LogP) is 23.7. The molecule has 0 fully saturated rings. The molecular weight excluding hydrogens is 1850 g/mol. The highest BCUT2D eigenvalue weighted by Crippen LogP contribution is 2.41. The second-order valence-corrected chi connectivity index (χ2v) is 167. The lowest BCUT2D eigenvalue weighted by Gasteiger charge is -2.36. The van der Waals surface area contributed by atoms with Gasteiger partial charge in [0.15, 0.2) is 0 Å². The van der Waals surface area contributed by atoms with Gasteiger partial charge in [-0.15, -0.1) is 136 Å². The van der Waals surface area contributed by atoms with Crippen LogP contribution >= 0.6 is 136 Å². The van der Waals surface area contributed by atoms with Gasteiger partial charge < -0.3 is 0 Å². The summed E-state index contributed by atoms with van der Waals surface area (Å²) in [7, 11) is -26.3. The molecule has 0 aliphatic rings. The molecule has 0 unspecified atom stereocenters.